The average Bonchev–Trinajstić information content (AvgIpc) is 3.57. The van der Waals surface area contributed by atoms with E-state index in [4.69, 9.17) is 0 Å². The molecule has 0 amide bonds. The van der Waals surface area contributed by atoms with E-state index in [-0.39, 0.29) is 0 Å². The first-order valence-electron chi connectivity index (χ1n) is 9.60. The lowest BCUT2D eigenvalue weighted by Crippen LogP contribution is -2.39. The van der Waals surface area contributed by atoms with Gasteiger partial charge in [0.1, 0.15) is 6.33 Å². The third kappa shape index (κ3) is 3.33. The predicted molar refractivity (Wildman–Crippen MR) is 98.3 cm³/mol. The van der Waals surface area contributed by atoms with Gasteiger partial charge < -0.3 is 5.32 Å². The zero-order chi connectivity index (χ0) is 16.7. The number of fused-ring (bicyclic) bond motifs is 1. The molecule has 0 spiro atoms. The minimum atomic E-state index is 0.511. The minimum Gasteiger partial charge on any atom is -0.313 e. The molecule has 25 heavy (non-hydrogen) atoms. The SMILES string of the molecule is c1ccc(C2CC2NCC2(CN3CCc4ncncc4C3)CC2)cc1. The zero-order valence-electron chi connectivity index (χ0n) is 14.7. The van der Waals surface area contributed by atoms with Crippen LogP contribution in [0.2, 0.25) is 0 Å². The van der Waals surface area contributed by atoms with Crippen LogP contribution in [0.5, 0.6) is 0 Å². The van der Waals surface area contributed by atoms with E-state index in [0.717, 1.165) is 25.4 Å². The lowest BCUT2D eigenvalue weighted by molar-refractivity contribution is 0.197. The molecule has 130 valence electrons. The van der Waals surface area contributed by atoms with Crippen LogP contribution in [0.25, 0.3) is 0 Å². The molecule has 1 N–H and O–H groups in total. The predicted octanol–water partition coefficient (Wildman–Crippen LogP) is 2.76. The van der Waals surface area contributed by atoms with Crippen molar-refractivity contribution in [1.29, 1.82) is 0 Å². The Kier molecular flexibility index (Phi) is 3.83. The third-order valence-electron chi connectivity index (χ3n) is 6.21. The molecular formula is C21H26N4. The van der Waals surface area contributed by atoms with Crippen LogP contribution in [-0.2, 0) is 13.0 Å². The van der Waals surface area contributed by atoms with Gasteiger partial charge in [0.25, 0.3) is 0 Å². The fourth-order valence-corrected chi connectivity index (χ4v) is 4.34. The fraction of sp³-hybridized carbons (Fsp3) is 0.524. The molecule has 0 radical (unpaired) electrons. The van der Waals surface area contributed by atoms with E-state index in [1.54, 1.807) is 6.33 Å². The summed E-state index contributed by atoms with van der Waals surface area (Å²) in [4.78, 5) is 11.2. The standard InChI is InChI=1S/C21H26N4/c1-2-4-16(5-3-1)18-10-20(18)23-13-21(7-8-21)14-25-9-6-19-17(12-25)11-22-15-24-19/h1-5,11,15,18,20,23H,6-10,12-14H2. The topological polar surface area (TPSA) is 41.0 Å². The van der Waals surface area contributed by atoms with Gasteiger partial charge in [0.05, 0.1) is 0 Å². The summed E-state index contributed by atoms with van der Waals surface area (Å²) in [6.45, 7) is 4.56. The maximum absolute atomic E-state index is 4.42. The number of nitrogens with one attached hydrogen (secondary N) is 1. The molecule has 2 heterocycles. The summed E-state index contributed by atoms with van der Waals surface area (Å²) >= 11 is 0. The van der Waals surface area contributed by atoms with Gasteiger partial charge in [-0.2, -0.15) is 0 Å². The van der Waals surface area contributed by atoms with E-state index in [1.807, 2.05) is 6.20 Å². The van der Waals surface area contributed by atoms with E-state index in [2.05, 4.69) is 50.5 Å². The van der Waals surface area contributed by atoms with E-state index < -0.39 is 0 Å². The van der Waals surface area contributed by atoms with Gasteiger partial charge in [-0.15, -0.1) is 0 Å². The Morgan fingerprint density at radius 3 is 2.92 bits per heavy atom. The Morgan fingerprint density at radius 2 is 2.08 bits per heavy atom. The molecule has 4 heteroatoms. The Balaban J connectivity index is 1.14. The highest BCUT2D eigenvalue weighted by molar-refractivity contribution is 5.27. The molecule has 2 atom stereocenters. The fourth-order valence-electron chi connectivity index (χ4n) is 4.34. The maximum atomic E-state index is 4.42. The molecule has 2 saturated carbocycles. The van der Waals surface area contributed by atoms with E-state index in [9.17, 15) is 0 Å². The molecule has 3 aliphatic rings. The summed E-state index contributed by atoms with van der Waals surface area (Å²) in [5.74, 6) is 0.732. The van der Waals surface area contributed by atoms with Crippen LogP contribution in [0.15, 0.2) is 42.9 Å². The quantitative estimate of drug-likeness (QED) is 0.882. The largest absolute Gasteiger partial charge is 0.313 e. The van der Waals surface area contributed by atoms with Crippen LogP contribution in [0.4, 0.5) is 0 Å². The minimum absolute atomic E-state index is 0.511. The molecule has 2 aromatic rings. The Labute approximate surface area is 149 Å². The highest BCUT2D eigenvalue weighted by Gasteiger charge is 2.46. The van der Waals surface area contributed by atoms with Crippen LogP contribution in [0.1, 0.15) is 42.0 Å². The summed E-state index contributed by atoms with van der Waals surface area (Å²) in [6.07, 6.45) is 8.80. The van der Waals surface area contributed by atoms with Crippen LogP contribution in [-0.4, -0.2) is 40.5 Å². The highest BCUT2D eigenvalue weighted by Crippen LogP contribution is 2.48. The second-order valence-corrected chi connectivity index (χ2v) is 8.20. The molecule has 5 rings (SSSR count). The number of aromatic nitrogens is 2. The average molecular weight is 334 g/mol. The van der Waals surface area contributed by atoms with Crippen molar-refractivity contribution in [3.63, 3.8) is 0 Å². The molecule has 4 nitrogen and oxygen atoms in total. The summed E-state index contributed by atoms with van der Waals surface area (Å²) < 4.78 is 0. The van der Waals surface area contributed by atoms with Gasteiger partial charge in [-0.1, -0.05) is 30.3 Å². The molecule has 1 aromatic carbocycles. The van der Waals surface area contributed by atoms with Gasteiger partial charge in [0, 0.05) is 62.0 Å². The Morgan fingerprint density at radius 1 is 1.20 bits per heavy atom. The molecule has 0 bridgehead atoms. The summed E-state index contributed by atoms with van der Waals surface area (Å²) in [5.41, 5.74) is 4.58. The van der Waals surface area contributed by atoms with Crippen molar-refractivity contribution in [2.45, 2.75) is 44.2 Å². The molecule has 0 saturated heterocycles. The molecule has 2 aliphatic carbocycles. The lowest BCUT2D eigenvalue weighted by atomic mass is 10.0. The summed E-state index contributed by atoms with van der Waals surface area (Å²) in [7, 11) is 0. The summed E-state index contributed by atoms with van der Waals surface area (Å²) in [6, 6.07) is 11.7. The van der Waals surface area contributed by atoms with Crippen molar-refractivity contribution in [1.82, 2.24) is 20.2 Å². The third-order valence-corrected chi connectivity index (χ3v) is 6.21. The smallest absolute Gasteiger partial charge is 0.115 e. The monoisotopic (exact) mass is 334 g/mol. The van der Waals surface area contributed by atoms with E-state index in [0.29, 0.717) is 11.5 Å². The van der Waals surface area contributed by atoms with Crippen LogP contribution in [0.3, 0.4) is 0 Å². The summed E-state index contributed by atoms with van der Waals surface area (Å²) in [5, 5.41) is 3.87. The van der Waals surface area contributed by atoms with Gasteiger partial charge in [-0.05, 0) is 30.2 Å². The van der Waals surface area contributed by atoms with Gasteiger partial charge in [0.15, 0.2) is 0 Å². The number of benzene rings is 1. The van der Waals surface area contributed by atoms with Crippen molar-refractivity contribution < 1.29 is 0 Å². The second kappa shape index (κ2) is 6.19. The normalized spacial score (nSPS) is 26.9. The van der Waals surface area contributed by atoms with Crippen molar-refractivity contribution in [2.75, 3.05) is 19.6 Å². The van der Waals surface area contributed by atoms with Gasteiger partial charge in [0.2, 0.25) is 0 Å². The Bertz CT molecular complexity index is 741. The number of hydrogen-bond donors (Lipinski definition) is 1. The van der Waals surface area contributed by atoms with E-state index >= 15 is 0 Å². The maximum Gasteiger partial charge on any atom is 0.115 e. The van der Waals surface area contributed by atoms with Crippen molar-refractivity contribution in [3.05, 3.63) is 59.7 Å². The molecule has 1 aromatic heterocycles. The molecule has 1 aliphatic heterocycles. The van der Waals surface area contributed by atoms with E-state index in [1.165, 1.54) is 49.2 Å². The van der Waals surface area contributed by atoms with Gasteiger partial charge in [-0.25, -0.2) is 9.97 Å². The van der Waals surface area contributed by atoms with Crippen molar-refractivity contribution in [2.24, 2.45) is 5.41 Å². The highest BCUT2D eigenvalue weighted by atomic mass is 15.2. The number of nitrogens with zero attached hydrogens (tertiary/aromatic N) is 3. The zero-order valence-corrected chi connectivity index (χ0v) is 14.7. The first-order chi connectivity index (χ1) is 12.3. The van der Waals surface area contributed by atoms with Crippen molar-refractivity contribution in [3.8, 4) is 0 Å². The van der Waals surface area contributed by atoms with Gasteiger partial charge in [-0.3, -0.25) is 4.90 Å². The van der Waals surface area contributed by atoms with Crippen LogP contribution < -0.4 is 5.32 Å². The van der Waals surface area contributed by atoms with Gasteiger partial charge >= 0.3 is 0 Å². The molecular weight excluding hydrogens is 308 g/mol. The molecule has 2 fully saturated rings. The second-order valence-electron chi connectivity index (χ2n) is 8.20. The lowest BCUT2D eigenvalue weighted by Gasteiger charge is -2.31. The van der Waals surface area contributed by atoms with Crippen LogP contribution in [0, 0.1) is 5.41 Å². The van der Waals surface area contributed by atoms with Crippen molar-refractivity contribution >= 4 is 0 Å². The van der Waals surface area contributed by atoms with Crippen LogP contribution >= 0.6 is 0 Å². The molecule has 2 unspecified atom stereocenters. The first-order valence-corrected chi connectivity index (χ1v) is 9.60. The number of rotatable bonds is 6. The first kappa shape index (κ1) is 15.5. The Hall–Kier alpha value is -1.78. The number of hydrogen-bond acceptors (Lipinski definition) is 4.